The van der Waals surface area contributed by atoms with Gasteiger partial charge in [0.2, 0.25) is 11.8 Å². The minimum absolute atomic E-state index is 0.0800. The maximum atomic E-state index is 13.0. The quantitative estimate of drug-likeness (QED) is 0.337. The number of nitro benzene ring substituents is 1. The molecule has 1 heterocycles. The summed E-state index contributed by atoms with van der Waals surface area (Å²) in [6.45, 7) is 0. The van der Waals surface area contributed by atoms with Gasteiger partial charge in [-0.25, -0.2) is 4.90 Å². The Hall–Kier alpha value is -2.02. The lowest BCUT2D eigenvalue weighted by Gasteiger charge is -2.22. The lowest BCUT2D eigenvalue weighted by Crippen LogP contribution is -2.35. The molecular weight excluding hydrogens is 376 g/mol. The lowest BCUT2D eigenvalue weighted by atomic mass is 9.85. The van der Waals surface area contributed by atoms with Crippen molar-refractivity contribution in [2.45, 2.75) is 12.8 Å². The Labute approximate surface area is 145 Å². The average molecular weight is 389 g/mol. The maximum Gasteiger partial charge on any atom is 0.270 e. The first kappa shape index (κ1) is 14.3. The van der Waals surface area contributed by atoms with Crippen LogP contribution in [0.25, 0.3) is 0 Å². The number of rotatable bonds is 2. The number of halogens is 1. The average Bonchev–Trinajstić information content (AvgIpc) is 3.14. The number of allylic oxidation sites excluding steroid dienone is 2. The van der Waals surface area contributed by atoms with E-state index in [1.807, 2.05) is 0 Å². The second-order valence-corrected chi connectivity index (χ2v) is 7.98. The Balaban J connectivity index is 1.55. The van der Waals surface area contributed by atoms with Crippen molar-refractivity contribution in [1.82, 2.24) is 0 Å². The monoisotopic (exact) mass is 388 g/mol. The Morgan fingerprint density at radius 3 is 2.17 bits per heavy atom. The largest absolute Gasteiger partial charge is 0.274 e. The van der Waals surface area contributed by atoms with Gasteiger partial charge in [0, 0.05) is 16.6 Å². The van der Waals surface area contributed by atoms with Crippen LogP contribution in [0.15, 0.2) is 34.8 Å². The van der Waals surface area contributed by atoms with E-state index in [4.69, 9.17) is 0 Å². The summed E-state index contributed by atoms with van der Waals surface area (Å²) in [6, 6.07) is 4.13. The standard InChI is InChI=1S/C17H13BrN2O4/c18-11-7-8(20(23)24)1-4-12(11)19-15(21)13-9-2-3-10(14(13)16(19)22)17(9)5-6-17/h1-4,7,9-10,13-14H,5-6H2. The molecule has 4 unspecified atom stereocenters. The van der Waals surface area contributed by atoms with Crippen molar-refractivity contribution < 1.29 is 14.5 Å². The first-order valence-electron chi connectivity index (χ1n) is 7.96. The van der Waals surface area contributed by atoms with Crippen LogP contribution in [0.4, 0.5) is 11.4 Å². The van der Waals surface area contributed by atoms with Crippen molar-refractivity contribution in [3.8, 4) is 0 Å². The molecule has 1 aromatic rings. The fraction of sp³-hybridized carbons (Fsp3) is 0.412. The molecule has 3 fully saturated rings. The molecule has 2 amide bonds. The van der Waals surface area contributed by atoms with E-state index in [2.05, 4.69) is 28.1 Å². The van der Waals surface area contributed by atoms with E-state index in [0.717, 1.165) is 12.8 Å². The summed E-state index contributed by atoms with van der Waals surface area (Å²) in [6.07, 6.45) is 6.45. The highest BCUT2D eigenvalue weighted by Crippen LogP contribution is 2.73. The molecule has 1 spiro atoms. The smallest absolute Gasteiger partial charge is 0.270 e. The predicted octanol–water partition coefficient (Wildman–Crippen LogP) is 3.06. The first-order chi connectivity index (χ1) is 11.5. The van der Waals surface area contributed by atoms with Crippen LogP contribution in [0.1, 0.15) is 12.8 Å². The molecule has 0 radical (unpaired) electrons. The number of benzene rings is 1. The molecule has 4 aliphatic rings. The summed E-state index contributed by atoms with van der Waals surface area (Å²) in [4.78, 5) is 37.6. The molecule has 6 nitrogen and oxygen atoms in total. The normalized spacial score (nSPS) is 34.3. The van der Waals surface area contributed by atoms with E-state index >= 15 is 0 Å². The number of carbonyl (C=O) groups is 2. The van der Waals surface area contributed by atoms with E-state index in [9.17, 15) is 19.7 Å². The van der Waals surface area contributed by atoms with Gasteiger partial charge in [0.25, 0.3) is 5.69 Å². The van der Waals surface area contributed by atoms with Crippen LogP contribution < -0.4 is 4.90 Å². The molecule has 2 bridgehead atoms. The molecular formula is C17H13BrN2O4. The van der Waals surface area contributed by atoms with Crippen molar-refractivity contribution >= 4 is 39.1 Å². The Morgan fingerprint density at radius 2 is 1.71 bits per heavy atom. The highest BCUT2D eigenvalue weighted by molar-refractivity contribution is 9.10. The second-order valence-electron chi connectivity index (χ2n) is 7.13. The number of imide groups is 1. The van der Waals surface area contributed by atoms with E-state index in [0.29, 0.717) is 10.2 Å². The van der Waals surface area contributed by atoms with Crippen LogP contribution in [0.5, 0.6) is 0 Å². The van der Waals surface area contributed by atoms with Gasteiger partial charge in [-0.3, -0.25) is 19.7 Å². The second kappa shape index (κ2) is 4.33. The SMILES string of the molecule is O=C1C2C(C(=O)N1c1ccc([N+](=O)[O-])cc1Br)C1C=CC2C12CC2. The van der Waals surface area contributed by atoms with Crippen molar-refractivity contribution in [3.63, 3.8) is 0 Å². The van der Waals surface area contributed by atoms with E-state index < -0.39 is 4.92 Å². The number of hydrogen-bond donors (Lipinski definition) is 0. The van der Waals surface area contributed by atoms with Crippen molar-refractivity contribution in [3.05, 3.63) is 44.9 Å². The summed E-state index contributed by atoms with van der Waals surface area (Å²) < 4.78 is 0.389. The van der Waals surface area contributed by atoms with Gasteiger partial charge in [0.05, 0.1) is 22.4 Å². The van der Waals surface area contributed by atoms with Crippen LogP contribution in [0.3, 0.4) is 0 Å². The Morgan fingerprint density at radius 1 is 1.12 bits per heavy atom. The number of nitrogens with zero attached hydrogens (tertiary/aromatic N) is 2. The topological polar surface area (TPSA) is 80.5 Å². The fourth-order valence-corrected chi connectivity index (χ4v) is 5.65. The van der Waals surface area contributed by atoms with Crippen molar-refractivity contribution in [2.24, 2.45) is 29.1 Å². The number of non-ortho nitro benzene ring substituents is 1. The maximum absolute atomic E-state index is 13.0. The molecule has 0 aromatic heterocycles. The highest BCUT2D eigenvalue weighted by atomic mass is 79.9. The number of fused-ring (bicyclic) bond motifs is 3. The van der Waals surface area contributed by atoms with Gasteiger partial charge in [0.15, 0.2) is 0 Å². The number of carbonyl (C=O) groups excluding carboxylic acids is 2. The molecule has 1 saturated heterocycles. The van der Waals surface area contributed by atoms with Crippen molar-refractivity contribution in [2.75, 3.05) is 4.90 Å². The number of hydrogen-bond acceptors (Lipinski definition) is 4. The molecule has 24 heavy (non-hydrogen) atoms. The molecule has 2 saturated carbocycles. The number of amides is 2. The van der Waals surface area contributed by atoms with Gasteiger partial charge < -0.3 is 0 Å². The first-order valence-corrected chi connectivity index (χ1v) is 8.75. The summed E-state index contributed by atoms with van der Waals surface area (Å²) >= 11 is 3.27. The molecule has 5 rings (SSSR count). The summed E-state index contributed by atoms with van der Waals surface area (Å²) in [5.41, 5.74) is 0.484. The van der Waals surface area contributed by atoms with Gasteiger partial charge in [-0.1, -0.05) is 12.2 Å². The number of anilines is 1. The van der Waals surface area contributed by atoms with E-state index in [1.54, 1.807) is 0 Å². The third-order valence-corrected chi connectivity index (χ3v) is 6.87. The van der Waals surface area contributed by atoms with Crippen molar-refractivity contribution in [1.29, 1.82) is 0 Å². The van der Waals surface area contributed by atoms with Crippen LogP contribution in [0, 0.1) is 39.2 Å². The molecule has 1 aromatic carbocycles. The van der Waals surface area contributed by atoms with E-state index in [-0.39, 0.29) is 46.6 Å². The molecule has 7 heteroatoms. The number of nitro groups is 1. The molecule has 0 N–H and O–H groups in total. The fourth-order valence-electron chi connectivity index (χ4n) is 5.11. The molecule has 3 aliphatic carbocycles. The van der Waals surface area contributed by atoms with Crippen LogP contribution in [-0.4, -0.2) is 16.7 Å². The zero-order valence-electron chi connectivity index (χ0n) is 12.5. The van der Waals surface area contributed by atoms with E-state index in [1.165, 1.54) is 23.1 Å². The van der Waals surface area contributed by atoms with Gasteiger partial charge in [-0.15, -0.1) is 0 Å². The van der Waals surface area contributed by atoms with Gasteiger partial charge >= 0.3 is 0 Å². The molecule has 4 atom stereocenters. The predicted molar refractivity (Wildman–Crippen MR) is 88.1 cm³/mol. The molecule has 1 aliphatic heterocycles. The third-order valence-electron chi connectivity index (χ3n) is 6.24. The third kappa shape index (κ3) is 1.51. The summed E-state index contributed by atoms with van der Waals surface area (Å²) in [5, 5.41) is 10.9. The zero-order chi connectivity index (χ0) is 16.8. The Kier molecular flexibility index (Phi) is 2.59. The minimum atomic E-state index is -0.502. The van der Waals surface area contributed by atoms with Crippen LogP contribution in [0.2, 0.25) is 0 Å². The van der Waals surface area contributed by atoms with Gasteiger partial charge in [0.1, 0.15) is 0 Å². The zero-order valence-corrected chi connectivity index (χ0v) is 14.1. The molecule has 122 valence electrons. The minimum Gasteiger partial charge on any atom is -0.274 e. The summed E-state index contributed by atoms with van der Waals surface area (Å²) in [5.74, 6) is -0.518. The lowest BCUT2D eigenvalue weighted by molar-refractivity contribution is -0.384. The van der Waals surface area contributed by atoms with Gasteiger partial charge in [-0.2, -0.15) is 0 Å². The van der Waals surface area contributed by atoms with Crippen LogP contribution >= 0.6 is 15.9 Å². The summed E-state index contributed by atoms with van der Waals surface area (Å²) in [7, 11) is 0. The Bertz CT molecular complexity index is 826. The van der Waals surface area contributed by atoms with Crippen LogP contribution in [-0.2, 0) is 9.59 Å². The van der Waals surface area contributed by atoms with Gasteiger partial charge in [-0.05, 0) is 52.1 Å². The highest BCUT2D eigenvalue weighted by Gasteiger charge is 2.73.